The van der Waals surface area contributed by atoms with Gasteiger partial charge in [0.25, 0.3) is 0 Å². The summed E-state index contributed by atoms with van der Waals surface area (Å²) in [6.45, 7) is 7.42. The molecular weight excluding hydrogens is 288 g/mol. The molecule has 0 radical (unpaired) electrons. The molecule has 0 aliphatic heterocycles. The van der Waals surface area contributed by atoms with Gasteiger partial charge in [0.05, 0.1) is 18.8 Å². The van der Waals surface area contributed by atoms with E-state index in [4.69, 9.17) is 4.74 Å². The Hall–Kier alpha value is -0.980. The molecule has 120 valence electrons. The first-order valence-corrected chi connectivity index (χ1v) is 8.37. The van der Waals surface area contributed by atoms with E-state index in [2.05, 4.69) is 23.7 Å². The van der Waals surface area contributed by atoms with Gasteiger partial charge in [-0.1, -0.05) is 26.7 Å². The van der Waals surface area contributed by atoms with Crippen LogP contribution < -0.4 is 0 Å². The minimum atomic E-state index is -0.917. The number of hydrogen-bond acceptors (Lipinski definition) is 5. The summed E-state index contributed by atoms with van der Waals surface area (Å²) in [6, 6.07) is 0. The summed E-state index contributed by atoms with van der Waals surface area (Å²) in [7, 11) is 1.56. The number of ether oxygens (including phenoxy) is 1. The van der Waals surface area contributed by atoms with E-state index < -0.39 is 5.97 Å². The number of carboxylic acids is 1. The Morgan fingerprint density at radius 3 is 2.38 bits per heavy atom. The second-order valence-corrected chi connectivity index (χ2v) is 6.19. The Balaban J connectivity index is 2.76. The fraction of sp³-hybridized carbons (Fsp3) is 0.733. The van der Waals surface area contributed by atoms with Crippen molar-refractivity contribution in [3.63, 3.8) is 0 Å². The topological polar surface area (TPSA) is 62.7 Å². The van der Waals surface area contributed by atoms with E-state index in [0.717, 1.165) is 50.3 Å². The van der Waals surface area contributed by atoms with Gasteiger partial charge in [0.15, 0.2) is 0 Å². The number of carbonyl (C=O) groups is 1. The first-order valence-electron chi connectivity index (χ1n) is 7.55. The molecule has 0 atom stereocenters. The monoisotopic (exact) mass is 314 g/mol. The van der Waals surface area contributed by atoms with Crippen LogP contribution in [0.1, 0.15) is 59.9 Å². The van der Waals surface area contributed by atoms with Crippen molar-refractivity contribution in [3.05, 3.63) is 15.6 Å². The average molecular weight is 314 g/mol. The van der Waals surface area contributed by atoms with Gasteiger partial charge in [-0.05, 0) is 25.9 Å². The normalized spacial score (nSPS) is 11.2. The van der Waals surface area contributed by atoms with Crippen LogP contribution in [0.2, 0.25) is 0 Å². The van der Waals surface area contributed by atoms with Gasteiger partial charge >= 0.3 is 5.97 Å². The highest BCUT2D eigenvalue weighted by molar-refractivity contribution is 7.13. The highest BCUT2D eigenvalue weighted by atomic mass is 32.1. The van der Waals surface area contributed by atoms with Crippen molar-refractivity contribution >= 4 is 17.3 Å². The smallest absolute Gasteiger partial charge is 0.347 e. The predicted octanol–water partition coefficient (Wildman–Crippen LogP) is 3.39. The largest absolute Gasteiger partial charge is 0.477 e. The lowest BCUT2D eigenvalue weighted by Gasteiger charge is -2.20. The third kappa shape index (κ3) is 6.11. The summed E-state index contributed by atoms with van der Waals surface area (Å²) in [5.74, 6) is -0.917. The highest BCUT2D eigenvalue weighted by Gasteiger charge is 2.18. The molecule has 0 bridgehead atoms. The maximum atomic E-state index is 11.2. The van der Waals surface area contributed by atoms with Crippen molar-refractivity contribution in [2.75, 3.05) is 20.2 Å². The van der Waals surface area contributed by atoms with Gasteiger partial charge in [-0.15, -0.1) is 11.3 Å². The van der Waals surface area contributed by atoms with Crippen molar-refractivity contribution in [3.8, 4) is 0 Å². The van der Waals surface area contributed by atoms with E-state index in [-0.39, 0.29) is 6.61 Å². The molecule has 0 aliphatic rings. The SMILES string of the molecule is CCCCN(CCCC)Cc1nc(COC)c(C(=O)O)s1. The first-order chi connectivity index (χ1) is 10.1. The van der Waals surface area contributed by atoms with Crippen LogP contribution in [0.5, 0.6) is 0 Å². The standard InChI is InChI=1S/C15H26N2O3S/c1-4-6-8-17(9-7-5-2)10-13-16-12(11-20-3)14(21-13)15(18)19/h4-11H2,1-3H3,(H,18,19). The van der Waals surface area contributed by atoms with Crippen molar-refractivity contribution in [1.82, 2.24) is 9.88 Å². The highest BCUT2D eigenvalue weighted by Crippen LogP contribution is 2.21. The summed E-state index contributed by atoms with van der Waals surface area (Å²) in [5.41, 5.74) is 0.538. The van der Waals surface area contributed by atoms with E-state index in [1.54, 1.807) is 7.11 Å². The molecule has 0 fully saturated rings. The number of thiazole rings is 1. The van der Waals surface area contributed by atoms with E-state index in [1.807, 2.05) is 0 Å². The molecule has 1 aromatic rings. The minimum absolute atomic E-state index is 0.252. The zero-order chi connectivity index (χ0) is 15.7. The average Bonchev–Trinajstić information content (AvgIpc) is 2.85. The number of carboxylic acid groups (broad SMARTS) is 1. The Bertz CT molecular complexity index is 427. The fourth-order valence-corrected chi connectivity index (χ4v) is 3.04. The summed E-state index contributed by atoms with van der Waals surface area (Å²) < 4.78 is 5.03. The second kappa shape index (κ2) is 9.87. The lowest BCUT2D eigenvalue weighted by atomic mass is 10.2. The molecule has 5 nitrogen and oxygen atoms in total. The molecule has 0 spiro atoms. The summed E-state index contributed by atoms with van der Waals surface area (Å²) in [5, 5.41) is 10.1. The van der Waals surface area contributed by atoms with Crippen molar-refractivity contribution in [2.24, 2.45) is 0 Å². The lowest BCUT2D eigenvalue weighted by Crippen LogP contribution is -2.25. The van der Waals surface area contributed by atoms with Gasteiger partial charge < -0.3 is 9.84 Å². The number of rotatable bonds is 11. The molecule has 0 saturated carbocycles. The molecule has 0 saturated heterocycles. The first kappa shape index (κ1) is 18.1. The van der Waals surface area contributed by atoms with Gasteiger partial charge in [-0.25, -0.2) is 9.78 Å². The number of unbranched alkanes of at least 4 members (excludes halogenated alkanes) is 2. The fourth-order valence-electron chi connectivity index (χ4n) is 2.09. The minimum Gasteiger partial charge on any atom is -0.477 e. The van der Waals surface area contributed by atoms with Crippen LogP contribution in [-0.4, -0.2) is 41.2 Å². The Morgan fingerprint density at radius 2 is 1.90 bits per heavy atom. The summed E-state index contributed by atoms with van der Waals surface area (Å²) >= 11 is 1.27. The number of aromatic carboxylic acids is 1. The molecule has 0 aliphatic carbocycles. The molecule has 1 N–H and O–H groups in total. The molecule has 1 aromatic heterocycles. The number of aromatic nitrogens is 1. The molecular formula is C15H26N2O3S. The van der Waals surface area contributed by atoms with E-state index in [9.17, 15) is 9.90 Å². The van der Waals surface area contributed by atoms with Crippen LogP contribution in [-0.2, 0) is 17.9 Å². The van der Waals surface area contributed by atoms with E-state index >= 15 is 0 Å². The van der Waals surface area contributed by atoms with Crippen molar-refractivity contribution in [2.45, 2.75) is 52.7 Å². The van der Waals surface area contributed by atoms with Crippen LogP contribution in [0, 0.1) is 0 Å². The maximum Gasteiger partial charge on any atom is 0.347 e. The summed E-state index contributed by atoms with van der Waals surface area (Å²) in [6.07, 6.45) is 4.64. The molecule has 21 heavy (non-hydrogen) atoms. The zero-order valence-electron chi connectivity index (χ0n) is 13.2. The molecule has 0 aromatic carbocycles. The van der Waals surface area contributed by atoms with Crippen molar-refractivity contribution in [1.29, 1.82) is 0 Å². The van der Waals surface area contributed by atoms with Crippen LogP contribution in [0.4, 0.5) is 0 Å². The molecule has 1 rings (SSSR count). The summed E-state index contributed by atoms with van der Waals surface area (Å²) in [4.78, 5) is 18.4. The van der Waals surface area contributed by atoms with Gasteiger partial charge in [0.1, 0.15) is 9.88 Å². The van der Waals surface area contributed by atoms with E-state index in [0.29, 0.717) is 10.6 Å². The second-order valence-electron chi connectivity index (χ2n) is 5.10. The van der Waals surface area contributed by atoms with Gasteiger partial charge in [-0.3, -0.25) is 4.90 Å². The van der Waals surface area contributed by atoms with E-state index in [1.165, 1.54) is 11.3 Å². The molecule has 0 amide bonds. The third-order valence-corrected chi connectivity index (χ3v) is 4.30. The van der Waals surface area contributed by atoms with Gasteiger partial charge in [-0.2, -0.15) is 0 Å². The van der Waals surface area contributed by atoms with Crippen LogP contribution in [0.15, 0.2) is 0 Å². The van der Waals surface area contributed by atoms with Gasteiger partial charge in [0, 0.05) is 7.11 Å². The Morgan fingerprint density at radius 1 is 1.29 bits per heavy atom. The number of nitrogens with zero attached hydrogens (tertiary/aromatic N) is 2. The number of hydrogen-bond donors (Lipinski definition) is 1. The van der Waals surface area contributed by atoms with Crippen LogP contribution >= 0.6 is 11.3 Å². The van der Waals surface area contributed by atoms with Crippen LogP contribution in [0.3, 0.4) is 0 Å². The van der Waals surface area contributed by atoms with Crippen molar-refractivity contribution < 1.29 is 14.6 Å². The zero-order valence-corrected chi connectivity index (χ0v) is 14.0. The predicted molar refractivity (Wildman–Crippen MR) is 84.9 cm³/mol. The molecule has 0 unspecified atom stereocenters. The third-order valence-electron chi connectivity index (χ3n) is 3.23. The molecule has 6 heteroatoms. The molecule has 1 heterocycles. The lowest BCUT2D eigenvalue weighted by molar-refractivity contribution is 0.0697. The quantitative estimate of drug-likeness (QED) is 0.678. The number of methoxy groups -OCH3 is 1. The van der Waals surface area contributed by atoms with Gasteiger partial charge in [0.2, 0.25) is 0 Å². The Kier molecular flexibility index (Phi) is 8.49. The van der Waals surface area contributed by atoms with Crippen LogP contribution in [0.25, 0.3) is 0 Å². The Labute approximate surface area is 130 Å². The maximum absolute atomic E-state index is 11.2.